The Morgan fingerprint density at radius 3 is 2.16 bits per heavy atom. The van der Waals surface area contributed by atoms with E-state index in [4.69, 9.17) is 4.74 Å². The zero-order valence-electron chi connectivity index (χ0n) is 14.1. The molecule has 2 N–H and O–H groups in total. The maximum Gasteiger partial charge on any atom is 0.338 e. The molecule has 0 heterocycles. The van der Waals surface area contributed by atoms with Crippen LogP contribution in [0.25, 0.3) is 0 Å². The fourth-order valence-electron chi connectivity index (χ4n) is 2.04. The Morgan fingerprint density at radius 2 is 1.56 bits per heavy atom. The van der Waals surface area contributed by atoms with Gasteiger partial charge in [-0.2, -0.15) is 0 Å². The van der Waals surface area contributed by atoms with Crippen molar-refractivity contribution in [3.63, 3.8) is 0 Å². The highest BCUT2D eigenvalue weighted by Crippen LogP contribution is 2.08. The molecular formula is C19H20N2O4. The highest BCUT2D eigenvalue weighted by Gasteiger charge is 2.19. The topological polar surface area (TPSA) is 84.5 Å². The van der Waals surface area contributed by atoms with Crippen LogP contribution in [-0.2, 0) is 16.0 Å². The van der Waals surface area contributed by atoms with Gasteiger partial charge in [-0.05, 0) is 43.2 Å². The summed E-state index contributed by atoms with van der Waals surface area (Å²) in [6.45, 7) is 3.45. The van der Waals surface area contributed by atoms with Gasteiger partial charge in [0.05, 0.1) is 5.56 Å². The molecular weight excluding hydrogens is 320 g/mol. The lowest BCUT2D eigenvalue weighted by Gasteiger charge is -2.14. The molecule has 0 aliphatic rings. The summed E-state index contributed by atoms with van der Waals surface area (Å²) in [5.74, 6) is -1.68. The third kappa shape index (κ3) is 5.17. The first kappa shape index (κ1) is 18.2. The molecule has 25 heavy (non-hydrogen) atoms. The summed E-state index contributed by atoms with van der Waals surface area (Å²) in [6.07, 6.45) is -0.177. The third-order valence-corrected chi connectivity index (χ3v) is 3.59. The van der Waals surface area contributed by atoms with Crippen molar-refractivity contribution in [3.8, 4) is 0 Å². The van der Waals surface area contributed by atoms with E-state index in [-0.39, 0.29) is 0 Å². The molecule has 6 nitrogen and oxygen atoms in total. The number of benzene rings is 2. The van der Waals surface area contributed by atoms with Crippen LogP contribution < -0.4 is 10.9 Å². The van der Waals surface area contributed by atoms with E-state index < -0.39 is 23.9 Å². The van der Waals surface area contributed by atoms with Crippen LogP contribution in [0.2, 0.25) is 0 Å². The summed E-state index contributed by atoms with van der Waals surface area (Å²) < 4.78 is 5.11. The van der Waals surface area contributed by atoms with Crippen LogP contribution in [0.15, 0.2) is 54.6 Å². The number of ether oxygens (including phenoxy) is 1. The molecule has 2 aromatic rings. The van der Waals surface area contributed by atoms with Gasteiger partial charge < -0.3 is 4.74 Å². The maximum atomic E-state index is 12.0. The average molecular weight is 340 g/mol. The maximum absolute atomic E-state index is 12.0. The van der Waals surface area contributed by atoms with Crippen molar-refractivity contribution in [2.75, 3.05) is 0 Å². The average Bonchev–Trinajstić information content (AvgIpc) is 2.66. The molecule has 2 aromatic carbocycles. The van der Waals surface area contributed by atoms with Crippen LogP contribution >= 0.6 is 0 Å². The van der Waals surface area contributed by atoms with E-state index in [9.17, 15) is 14.4 Å². The molecule has 0 saturated carbocycles. The normalized spacial score (nSPS) is 11.3. The molecule has 0 spiro atoms. The Balaban J connectivity index is 1.84. The van der Waals surface area contributed by atoms with Crippen molar-refractivity contribution in [2.24, 2.45) is 0 Å². The van der Waals surface area contributed by atoms with E-state index in [0.717, 1.165) is 12.0 Å². The molecule has 0 radical (unpaired) electrons. The van der Waals surface area contributed by atoms with Crippen molar-refractivity contribution in [1.82, 2.24) is 10.9 Å². The second-order valence-electron chi connectivity index (χ2n) is 5.41. The molecule has 0 aliphatic heterocycles. The highest BCUT2D eigenvalue weighted by atomic mass is 16.5. The van der Waals surface area contributed by atoms with Crippen LogP contribution in [0.4, 0.5) is 0 Å². The van der Waals surface area contributed by atoms with Crippen molar-refractivity contribution in [1.29, 1.82) is 0 Å². The largest absolute Gasteiger partial charge is 0.449 e. The van der Waals surface area contributed by atoms with Gasteiger partial charge in [-0.3, -0.25) is 20.4 Å². The fourth-order valence-corrected chi connectivity index (χ4v) is 2.04. The molecule has 6 heteroatoms. The molecule has 0 bridgehead atoms. The van der Waals surface area contributed by atoms with Gasteiger partial charge in [-0.1, -0.05) is 37.3 Å². The summed E-state index contributed by atoms with van der Waals surface area (Å²) in [6, 6.07) is 15.4. The SMILES string of the molecule is CCc1ccc(C(=O)O[C@H](C)C(=O)NNC(=O)c2ccccc2)cc1. The summed E-state index contributed by atoms with van der Waals surface area (Å²) in [4.78, 5) is 35.8. The Hall–Kier alpha value is -3.15. The number of carbonyl (C=O) groups is 3. The third-order valence-electron chi connectivity index (χ3n) is 3.59. The first-order valence-corrected chi connectivity index (χ1v) is 7.96. The molecule has 0 fully saturated rings. The zero-order valence-corrected chi connectivity index (χ0v) is 14.1. The van der Waals surface area contributed by atoms with E-state index >= 15 is 0 Å². The minimum absolute atomic E-state index is 0.366. The molecule has 0 aliphatic carbocycles. The van der Waals surface area contributed by atoms with E-state index in [1.165, 1.54) is 6.92 Å². The predicted molar refractivity (Wildman–Crippen MR) is 92.7 cm³/mol. The number of carbonyl (C=O) groups excluding carboxylic acids is 3. The monoisotopic (exact) mass is 340 g/mol. The number of amides is 2. The van der Waals surface area contributed by atoms with E-state index in [1.807, 2.05) is 19.1 Å². The number of hydrazine groups is 1. The van der Waals surface area contributed by atoms with E-state index in [2.05, 4.69) is 10.9 Å². The van der Waals surface area contributed by atoms with E-state index in [0.29, 0.717) is 11.1 Å². The lowest BCUT2D eigenvalue weighted by atomic mass is 10.1. The van der Waals surface area contributed by atoms with Crippen LogP contribution in [0.1, 0.15) is 40.1 Å². The second kappa shape index (κ2) is 8.63. The summed E-state index contributed by atoms with van der Waals surface area (Å²) in [7, 11) is 0. The number of hydrogen-bond acceptors (Lipinski definition) is 4. The van der Waals surface area contributed by atoms with Gasteiger partial charge >= 0.3 is 5.97 Å². The van der Waals surface area contributed by atoms with Gasteiger partial charge in [0.15, 0.2) is 6.10 Å². The van der Waals surface area contributed by atoms with Crippen molar-refractivity contribution < 1.29 is 19.1 Å². The second-order valence-corrected chi connectivity index (χ2v) is 5.41. The van der Waals surface area contributed by atoms with Gasteiger partial charge in [0.25, 0.3) is 11.8 Å². The molecule has 0 unspecified atom stereocenters. The van der Waals surface area contributed by atoms with Crippen molar-refractivity contribution in [2.45, 2.75) is 26.4 Å². The standard InChI is InChI=1S/C19H20N2O4/c1-3-14-9-11-16(12-10-14)19(24)25-13(2)17(22)20-21-18(23)15-7-5-4-6-8-15/h4-13H,3H2,1-2H3,(H,20,22)(H,21,23)/t13-/m1/s1. The molecule has 2 rings (SSSR count). The smallest absolute Gasteiger partial charge is 0.338 e. The Bertz CT molecular complexity index is 742. The first-order valence-electron chi connectivity index (χ1n) is 7.96. The number of nitrogens with one attached hydrogen (secondary N) is 2. The Morgan fingerprint density at radius 1 is 0.920 bits per heavy atom. The summed E-state index contributed by atoms with van der Waals surface area (Å²) in [5.41, 5.74) is 6.39. The fraction of sp³-hybridized carbons (Fsp3) is 0.211. The van der Waals surface area contributed by atoms with Gasteiger partial charge in [0, 0.05) is 5.56 Å². The first-order chi connectivity index (χ1) is 12.0. The molecule has 2 amide bonds. The quantitative estimate of drug-likeness (QED) is 0.646. The van der Waals surface area contributed by atoms with Crippen LogP contribution in [0.5, 0.6) is 0 Å². The number of hydrogen-bond donors (Lipinski definition) is 2. The van der Waals surface area contributed by atoms with Gasteiger partial charge in [-0.15, -0.1) is 0 Å². The number of rotatable bonds is 5. The summed E-state index contributed by atoms with van der Waals surface area (Å²) >= 11 is 0. The predicted octanol–water partition coefficient (Wildman–Crippen LogP) is 2.26. The Labute approximate surface area is 146 Å². The van der Waals surface area contributed by atoms with Crippen LogP contribution in [0.3, 0.4) is 0 Å². The van der Waals surface area contributed by atoms with Crippen molar-refractivity contribution >= 4 is 17.8 Å². The van der Waals surface area contributed by atoms with Gasteiger partial charge in [-0.25, -0.2) is 4.79 Å². The van der Waals surface area contributed by atoms with Gasteiger partial charge in [0.1, 0.15) is 0 Å². The van der Waals surface area contributed by atoms with Gasteiger partial charge in [0.2, 0.25) is 0 Å². The van der Waals surface area contributed by atoms with Crippen molar-refractivity contribution in [3.05, 3.63) is 71.3 Å². The lowest BCUT2D eigenvalue weighted by Crippen LogP contribution is -2.46. The minimum Gasteiger partial charge on any atom is -0.449 e. The highest BCUT2D eigenvalue weighted by molar-refractivity contribution is 5.96. The van der Waals surface area contributed by atoms with Crippen LogP contribution in [0, 0.1) is 0 Å². The molecule has 0 aromatic heterocycles. The zero-order chi connectivity index (χ0) is 18.2. The number of aryl methyl sites for hydroxylation is 1. The molecule has 130 valence electrons. The Kier molecular flexibility index (Phi) is 6.28. The molecule has 0 saturated heterocycles. The molecule has 1 atom stereocenters. The number of esters is 1. The minimum atomic E-state index is -1.05. The van der Waals surface area contributed by atoms with Crippen LogP contribution in [-0.4, -0.2) is 23.9 Å². The summed E-state index contributed by atoms with van der Waals surface area (Å²) in [5, 5.41) is 0. The van der Waals surface area contributed by atoms with E-state index in [1.54, 1.807) is 42.5 Å². The lowest BCUT2D eigenvalue weighted by molar-refractivity contribution is -0.129.